The van der Waals surface area contributed by atoms with E-state index >= 15 is 0 Å². The average Bonchev–Trinajstić information content (AvgIpc) is 2.34. The van der Waals surface area contributed by atoms with Gasteiger partial charge in [-0.15, -0.1) is 0 Å². The van der Waals surface area contributed by atoms with Crippen LogP contribution in [0.1, 0.15) is 24.2 Å². The SMILES string of the molecule is CN(C(=O)c1ccc(F)c(F)c1F)C(C)(C)C(=O)O. The molecule has 0 unspecified atom stereocenters. The highest BCUT2D eigenvalue weighted by atomic mass is 19.2. The first-order valence-electron chi connectivity index (χ1n) is 5.25. The van der Waals surface area contributed by atoms with Crippen LogP contribution in [0.4, 0.5) is 13.2 Å². The minimum Gasteiger partial charge on any atom is -0.480 e. The predicted octanol–water partition coefficient (Wildman–Crippen LogP) is 2.04. The van der Waals surface area contributed by atoms with Crippen LogP contribution < -0.4 is 0 Å². The highest BCUT2D eigenvalue weighted by Gasteiger charge is 2.36. The molecule has 0 aliphatic rings. The molecule has 1 amide bonds. The highest BCUT2D eigenvalue weighted by Crippen LogP contribution is 2.20. The molecule has 0 spiro atoms. The first-order valence-corrected chi connectivity index (χ1v) is 5.25. The maximum Gasteiger partial charge on any atom is 0.329 e. The van der Waals surface area contributed by atoms with E-state index in [1.807, 2.05) is 0 Å². The van der Waals surface area contributed by atoms with Crippen LogP contribution >= 0.6 is 0 Å². The van der Waals surface area contributed by atoms with Crippen LogP contribution in [-0.2, 0) is 4.79 Å². The van der Waals surface area contributed by atoms with Crippen molar-refractivity contribution in [2.75, 3.05) is 7.05 Å². The standard InChI is InChI=1S/C12H12F3NO3/c1-12(2,11(18)19)16(3)10(17)6-4-5-7(13)9(15)8(6)14/h4-5H,1-3H3,(H,18,19). The number of likely N-dealkylation sites (N-methyl/N-ethyl adjacent to an activating group) is 1. The van der Waals surface area contributed by atoms with Crippen LogP contribution in [-0.4, -0.2) is 34.5 Å². The molecular formula is C12H12F3NO3. The Bertz CT molecular complexity index is 543. The molecule has 0 radical (unpaired) electrons. The second-order valence-corrected chi connectivity index (χ2v) is 4.45. The minimum absolute atomic E-state index is 0.604. The molecule has 1 N–H and O–H groups in total. The van der Waals surface area contributed by atoms with Gasteiger partial charge in [0.1, 0.15) is 5.54 Å². The van der Waals surface area contributed by atoms with Crippen molar-refractivity contribution >= 4 is 11.9 Å². The molecule has 0 atom stereocenters. The number of benzene rings is 1. The van der Waals surface area contributed by atoms with E-state index in [-0.39, 0.29) is 0 Å². The summed E-state index contributed by atoms with van der Waals surface area (Å²) in [5.41, 5.74) is -2.34. The summed E-state index contributed by atoms with van der Waals surface area (Å²) >= 11 is 0. The van der Waals surface area contributed by atoms with Crippen molar-refractivity contribution in [2.24, 2.45) is 0 Å². The zero-order chi connectivity index (χ0) is 15.0. The van der Waals surface area contributed by atoms with E-state index in [0.717, 1.165) is 18.0 Å². The number of nitrogens with zero attached hydrogens (tertiary/aromatic N) is 1. The van der Waals surface area contributed by atoms with Gasteiger partial charge in [0.25, 0.3) is 5.91 Å². The Balaban J connectivity index is 3.22. The molecule has 19 heavy (non-hydrogen) atoms. The summed E-state index contributed by atoms with van der Waals surface area (Å²) in [4.78, 5) is 23.6. The molecule has 0 heterocycles. The lowest BCUT2D eigenvalue weighted by Gasteiger charge is -2.31. The molecule has 0 aromatic heterocycles. The average molecular weight is 275 g/mol. The summed E-state index contributed by atoms with van der Waals surface area (Å²) in [7, 11) is 1.14. The fraction of sp³-hybridized carbons (Fsp3) is 0.333. The van der Waals surface area contributed by atoms with Crippen molar-refractivity contribution in [2.45, 2.75) is 19.4 Å². The van der Waals surface area contributed by atoms with Gasteiger partial charge in [-0.05, 0) is 26.0 Å². The van der Waals surface area contributed by atoms with E-state index in [0.29, 0.717) is 6.07 Å². The molecule has 1 rings (SSSR count). The Labute approximate surface area is 107 Å². The van der Waals surface area contributed by atoms with Gasteiger partial charge >= 0.3 is 5.97 Å². The number of carboxylic acids is 1. The number of hydrogen-bond acceptors (Lipinski definition) is 2. The van der Waals surface area contributed by atoms with Crippen LogP contribution in [0.5, 0.6) is 0 Å². The maximum absolute atomic E-state index is 13.5. The zero-order valence-corrected chi connectivity index (χ0v) is 10.5. The number of hydrogen-bond donors (Lipinski definition) is 1. The maximum atomic E-state index is 13.5. The quantitative estimate of drug-likeness (QED) is 0.859. The van der Waals surface area contributed by atoms with Crippen LogP contribution in [0, 0.1) is 17.5 Å². The normalized spacial score (nSPS) is 11.3. The Morgan fingerprint density at radius 3 is 2.16 bits per heavy atom. The summed E-state index contributed by atoms with van der Waals surface area (Å²) in [6.07, 6.45) is 0. The Hall–Kier alpha value is -2.05. The number of rotatable bonds is 3. The summed E-state index contributed by atoms with van der Waals surface area (Å²) in [5.74, 6) is -7.20. The third-order valence-corrected chi connectivity index (χ3v) is 2.93. The van der Waals surface area contributed by atoms with E-state index in [9.17, 15) is 22.8 Å². The number of amides is 1. The van der Waals surface area contributed by atoms with Gasteiger partial charge in [-0.2, -0.15) is 0 Å². The number of carbonyl (C=O) groups is 2. The van der Waals surface area contributed by atoms with Gasteiger partial charge in [0, 0.05) is 7.05 Å². The smallest absolute Gasteiger partial charge is 0.329 e. The van der Waals surface area contributed by atoms with Crippen molar-refractivity contribution in [3.63, 3.8) is 0 Å². The number of carbonyl (C=O) groups excluding carboxylic acids is 1. The summed E-state index contributed by atoms with van der Waals surface area (Å²) in [6, 6.07) is 1.37. The van der Waals surface area contributed by atoms with Crippen molar-refractivity contribution < 1.29 is 27.9 Å². The molecule has 1 aromatic carbocycles. The Kier molecular flexibility index (Phi) is 3.88. The fourth-order valence-corrected chi connectivity index (χ4v) is 1.27. The number of aliphatic carboxylic acids is 1. The molecule has 0 fully saturated rings. The lowest BCUT2D eigenvalue weighted by atomic mass is 10.0. The van der Waals surface area contributed by atoms with Gasteiger partial charge in [0.2, 0.25) is 0 Å². The third kappa shape index (κ3) is 2.54. The lowest BCUT2D eigenvalue weighted by molar-refractivity contribution is -0.147. The molecule has 0 aliphatic carbocycles. The van der Waals surface area contributed by atoms with Crippen molar-refractivity contribution in [3.8, 4) is 0 Å². The van der Waals surface area contributed by atoms with Gasteiger partial charge in [-0.25, -0.2) is 18.0 Å². The van der Waals surface area contributed by atoms with E-state index in [2.05, 4.69) is 0 Å². The highest BCUT2D eigenvalue weighted by molar-refractivity contribution is 5.97. The summed E-state index contributed by atoms with van der Waals surface area (Å²) < 4.78 is 39.2. The van der Waals surface area contributed by atoms with Crippen molar-refractivity contribution in [3.05, 3.63) is 35.1 Å². The van der Waals surface area contributed by atoms with Crippen molar-refractivity contribution in [1.29, 1.82) is 0 Å². The van der Waals surface area contributed by atoms with Crippen LogP contribution in [0.25, 0.3) is 0 Å². The lowest BCUT2D eigenvalue weighted by Crippen LogP contribution is -2.51. The Morgan fingerprint density at radius 2 is 1.68 bits per heavy atom. The zero-order valence-electron chi connectivity index (χ0n) is 10.5. The fourth-order valence-electron chi connectivity index (χ4n) is 1.27. The van der Waals surface area contributed by atoms with Gasteiger partial charge in [-0.3, -0.25) is 4.79 Å². The minimum atomic E-state index is -1.77. The molecule has 104 valence electrons. The number of carboxylic acid groups (broad SMARTS) is 1. The molecule has 7 heteroatoms. The number of halogens is 3. The third-order valence-electron chi connectivity index (χ3n) is 2.93. The Morgan fingerprint density at radius 1 is 1.16 bits per heavy atom. The second kappa shape index (κ2) is 4.91. The first kappa shape index (κ1) is 15.0. The summed E-state index contributed by atoms with van der Waals surface area (Å²) in [6.45, 7) is 2.45. The topological polar surface area (TPSA) is 57.6 Å². The van der Waals surface area contributed by atoms with Gasteiger partial charge in [0.05, 0.1) is 5.56 Å². The van der Waals surface area contributed by atoms with Crippen molar-refractivity contribution in [1.82, 2.24) is 4.90 Å². The molecule has 0 saturated carbocycles. The van der Waals surface area contributed by atoms with Crippen LogP contribution in [0.2, 0.25) is 0 Å². The van der Waals surface area contributed by atoms with Gasteiger partial charge in [-0.1, -0.05) is 0 Å². The molecule has 4 nitrogen and oxygen atoms in total. The molecular weight excluding hydrogens is 263 g/mol. The molecule has 1 aromatic rings. The molecule has 0 saturated heterocycles. The van der Waals surface area contributed by atoms with E-state index < -0.39 is 40.4 Å². The van der Waals surface area contributed by atoms with Gasteiger partial charge < -0.3 is 10.0 Å². The molecule has 0 bridgehead atoms. The van der Waals surface area contributed by atoms with E-state index in [1.165, 1.54) is 13.8 Å². The second-order valence-electron chi connectivity index (χ2n) is 4.45. The monoisotopic (exact) mass is 275 g/mol. The largest absolute Gasteiger partial charge is 0.480 e. The van der Waals surface area contributed by atoms with Crippen LogP contribution in [0.15, 0.2) is 12.1 Å². The molecule has 0 aliphatic heterocycles. The van der Waals surface area contributed by atoms with E-state index in [1.54, 1.807) is 0 Å². The summed E-state index contributed by atoms with van der Waals surface area (Å²) in [5, 5.41) is 8.95. The van der Waals surface area contributed by atoms with Crippen LogP contribution in [0.3, 0.4) is 0 Å². The first-order chi connectivity index (χ1) is 8.60. The van der Waals surface area contributed by atoms with Gasteiger partial charge in [0.15, 0.2) is 17.5 Å². The predicted molar refractivity (Wildman–Crippen MR) is 60.1 cm³/mol. The van der Waals surface area contributed by atoms with E-state index in [4.69, 9.17) is 5.11 Å².